The number of hydrogen-bond acceptors (Lipinski definition) is 5. The number of benzene rings is 1. The maximum Gasteiger partial charge on any atom is 0.236 e. The van der Waals surface area contributed by atoms with Gasteiger partial charge in [-0.25, -0.2) is 0 Å². The number of hydrazine groups is 1. The molecule has 40 heavy (non-hydrogen) atoms. The molecule has 6 nitrogen and oxygen atoms in total. The van der Waals surface area contributed by atoms with E-state index in [0.717, 1.165) is 42.8 Å². The topological polar surface area (TPSA) is 71.6 Å². The van der Waals surface area contributed by atoms with Crippen LogP contribution in [0.25, 0.3) is 0 Å². The van der Waals surface area contributed by atoms with E-state index in [4.69, 9.17) is 9.57 Å². The average Bonchev–Trinajstić information content (AvgIpc) is 2.89. The zero-order chi connectivity index (χ0) is 29.7. The highest BCUT2D eigenvalue weighted by molar-refractivity contribution is 5.75. The first kappa shape index (κ1) is 34.6. The van der Waals surface area contributed by atoms with Crippen LogP contribution in [0, 0.1) is 38.5 Å². The zero-order valence-corrected chi connectivity index (χ0v) is 27.4. The summed E-state index contributed by atoms with van der Waals surface area (Å²) in [4.78, 5) is 17.3. The number of rotatable bonds is 19. The van der Waals surface area contributed by atoms with E-state index < -0.39 is 0 Å². The van der Waals surface area contributed by atoms with Crippen molar-refractivity contribution in [3.05, 3.63) is 27.8 Å². The van der Waals surface area contributed by atoms with Gasteiger partial charge in [0.15, 0.2) is 0 Å². The number of nitrogens with one attached hydrogen (secondary N) is 3. The largest absolute Gasteiger partial charge is 0.487 e. The minimum absolute atomic E-state index is 0.0838. The molecule has 0 bridgehead atoms. The molecule has 1 aromatic carbocycles. The third kappa shape index (κ3) is 11.3. The molecule has 0 aromatic heterocycles. The Morgan fingerprint density at radius 3 is 2.17 bits per heavy atom. The molecule has 1 amide bonds. The maximum atomic E-state index is 12.3. The third-order valence-electron chi connectivity index (χ3n) is 9.14. The van der Waals surface area contributed by atoms with Crippen LogP contribution in [-0.4, -0.2) is 25.3 Å². The number of carbonyl (C=O) groups excluding carboxylic acids is 1. The molecule has 230 valence electrons. The van der Waals surface area contributed by atoms with Crippen LogP contribution in [0.1, 0.15) is 133 Å². The van der Waals surface area contributed by atoms with Crippen LogP contribution >= 0.6 is 0 Å². The monoisotopic (exact) mass is 559 g/mol. The lowest BCUT2D eigenvalue weighted by atomic mass is 9.82. The van der Waals surface area contributed by atoms with Crippen molar-refractivity contribution in [1.82, 2.24) is 16.3 Å². The number of amides is 1. The van der Waals surface area contributed by atoms with Crippen molar-refractivity contribution >= 4 is 5.91 Å². The van der Waals surface area contributed by atoms with E-state index in [0.29, 0.717) is 19.6 Å². The first-order chi connectivity index (χ1) is 19.0. The van der Waals surface area contributed by atoms with Gasteiger partial charge in [-0.05, 0) is 112 Å². The Kier molecular flexibility index (Phi) is 15.0. The van der Waals surface area contributed by atoms with Crippen LogP contribution in [0.3, 0.4) is 0 Å². The molecule has 0 fully saturated rings. The molecule has 1 heterocycles. The van der Waals surface area contributed by atoms with E-state index in [1.54, 1.807) is 7.05 Å². The maximum absolute atomic E-state index is 12.3. The number of carbonyl (C=O) groups is 1. The number of hydrogen-bond donors (Lipinski definition) is 3. The van der Waals surface area contributed by atoms with E-state index in [9.17, 15) is 4.79 Å². The Hall–Kier alpha value is -1.63. The first-order valence-electron chi connectivity index (χ1n) is 16.1. The van der Waals surface area contributed by atoms with Gasteiger partial charge in [0.2, 0.25) is 5.91 Å². The molecular formula is C34H61N3O3. The van der Waals surface area contributed by atoms with E-state index in [-0.39, 0.29) is 11.5 Å². The van der Waals surface area contributed by atoms with E-state index in [1.807, 2.05) is 0 Å². The molecule has 0 radical (unpaired) electrons. The summed E-state index contributed by atoms with van der Waals surface area (Å²) in [5.41, 5.74) is 11.4. The zero-order valence-electron chi connectivity index (χ0n) is 27.4. The van der Waals surface area contributed by atoms with Gasteiger partial charge in [0.25, 0.3) is 0 Å². The van der Waals surface area contributed by atoms with Crippen LogP contribution in [0.4, 0.5) is 0 Å². The molecule has 1 aliphatic rings. The molecule has 0 saturated carbocycles. The summed E-state index contributed by atoms with van der Waals surface area (Å²) in [6.45, 7) is 18.7. The average molecular weight is 560 g/mol. The fourth-order valence-electron chi connectivity index (χ4n) is 6.24. The minimum Gasteiger partial charge on any atom is -0.487 e. The highest BCUT2D eigenvalue weighted by Gasteiger charge is 2.34. The molecule has 0 saturated heterocycles. The summed E-state index contributed by atoms with van der Waals surface area (Å²) in [7, 11) is 1.78. The highest BCUT2D eigenvalue weighted by atomic mass is 16.7. The Morgan fingerprint density at radius 1 is 0.925 bits per heavy atom. The van der Waals surface area contributed by atoms with Crippen molar-refractivity contribution < 1.29 is 14.4 Å². The molecule has 1 aromatic rings. The standard InChI is InChI=1S/C34H61N3O3/c1-24(2)13-10-14-25(3)15-11-16-26(4)17-12-21-34(8)22-20-31-29(7)30(27(5)28(6)33(31)40-34)18-19-32(38)36-37-39-23-35-9/h24-26,35,37H,10-23H2,1-9H3,(H,36,38)/t25-,26-,34-/m1/s1. The van der Waals surface area contributed by atoms with Crippen molar-refractivity contribution in [2.75, 3.05) is 13.8 Å². The van der Waals surface area contributed by atoms with Crippen LogP contribution in [0.15, 0.2) is 0 Å². The van der Waals surface area contributed by atoms with Gasteiger partial charge in [0.1, 0.15) is 18.1 Å². The fraction of sp³-hybridized carbons (Fsp3) is 0.794. The van der Waals surface area contributed by atoms with E-state index in [1.165, 1.54) is 79.2 Å². The van der Waals surface area contributed by atoms with Gasteiger partial charge in [-0.1, -0.05) is 72.6 Å². The summed E-state index contributed by atoms with van der Waals surface area (Å²) in [6, 6.07) is 0. The Balaban J connectivity index is 1.83. The molecule has 3 N–H and O–H groups in total. The lowest BCUT2D eigenvalue weighted by Gasteiger charge is -2.38. The van der Waals surface area contributed by atoms with Crippen LogP contribution in [0.5, 0.6) is 5.75 Å². The summed E-state index contributed by atoms with van der Waals surface area (Å²) >= 11 is 0. The second-order valence-electron chi connectivity index (χ2n) is 13.4. The number of fused-ring (bicyclic) bond motifs is 1. The van der Waals surface area contributed by atoms with Gasteiger partial charge in [0.05, 0.1) is 0 Å². The molecule has 1 aliphatic heterocycles. The Morgan fingerprint density at radius 2 is 1.55 bits per heavy atom. The predicted octanol–water partition coefficient (Wildman–Crippen LogP) is 7.80. The fourth-order valence-corrected chi connectivity index (χ4v) is 6.24. The smallest absolute Gasteiger partial charge is 0.236 e. The van der Waals surface area contributed by atoms with Crippen molar-refractivity contribution in [2.45, 2.75) is 144 Å². The molecule has 0 spiro atoms. The predicted molar refractivity (Wildman–Crippen MR) is 167 cm³/mol. The molecule has 0 aliphatic carbocycles. The number of ether oxygens (including phenoxy) is 1. The van der Waals surface area contributed by atoms with Crippen molar-refractivity contribution in [1.29, 1.82) is 0 Å². The summed E-state index contributed by atoms with van der Waals surface area (Å²) < 4.78 is 6.81. The summed E-state index contributed by atoms with van der Waals surface area (Å²) in [6.07, 6.45) is 15.1. The second-order valence-corrected chi connectivity index (χ2v) is 13.4. The molecular weight excluding hydrogens is 498 g/mol. The first-order valence-corrected chi connectivity index (χ1v) is 16.1. The lowest BCUT2D eigenvalue weighted by molar-refractivity contribution is -0.127. The van der Waals surface area contributed by atoms with Gasteiger partial charge >= 0.3 is 0 Å². The Bertz CT molecular complexity index is 916. The van der Waals surface area contributed by atoms with E-state index >= 15 is 0 Å². The molecule has 2 rings (SSSR count). The Labute approximate surface area is 246 Å². The van der Waals surface area contributed by atoms with Gasteiger partial charge in [-0.3, -0.25) is 20.4 Å². The molecule has 3 atom stereocenters. The summed E-state index contributed by atoms with van der Waals surface area (Å²) in [5, 5.41) is 2.84. The van der Waals surface area contributed by atoms with Crippen molar-refractivity contribution in [3.63, 3.8) is 0 Å². The lowest BCUT2D eigenvalue weighted by Crippen LogP contribution is -2.39. The van der Waals surface area contributed by atoms with Gasteiger partial charge in [-0.15, -0.1) is 5.59 Å². The van der Waals surface area contributed by atoms with Gasteiger partial charge in [0, 0.05) is 6.42 Å². The van der Waals surface area contributed by atoms with Crippen LogP contribution < -0.4 is 21.1 Å². The highest BCUT2D eigenvalue weighted by Crippen LogP contribution is 2.43. The van der Waals surface area contributed by atoms with Crippen LogP contribution in [-0.2, 0) is 22.5 Å². The van der Waals surface area contributed by atoms with Crippen LogP contribution in [0.2, 0.25) is 0 Å². The molecule has 6 heteroatoms. The van der Waals surface area contributed by atoms with Crippen molar-refractivity contribution in [3.8, 4) is 5.75 Å². The normalized spacial score (nSPS) is 18.4. The van der Waals surface area contributed by atoms with Gasteiger partial charge in [-0.2, -0.15) is 0 Å². The van der Waals surface area contributed by atoms with Gasteiger partial charge < -0.3 is 4.74 Å². The SMILES string of the molecule is CNCONNC(=O)CCc1c(C)c(C)c2c(c1C)CC[C@@](C)(CCC[C@H](C)CCC[C@H](C)CCCC(C)C)O2. The second kappa shape index (κ2) is 17.4. The van der Waals surface area contributed by atoms with E-state index in [2.05, 4.69) is 71.7 Å². The quantitative estimate of drug-likeness (QED) is 0.0916. The summed E-state index contributed by atoms with van der Waals surface area (Å²) in [5.74, 6) is 3.51. The minimum atomic E-state index is -0.0955. The van der Waals surface area contributed by atoms with Crippen molar-refractivity contribution in [2.24, 2.45) is 17.8 Å². The molecule has 0 unspecified atom stereocenters. The third-order valence-corrected chi connectivity index (χ3v) is 9.14.